The molecule has 0 atom stereocenters. The van der Waals surface area contributed by atoms with Crippen molar-refractivity contribution in [2.75, 3.05) is 0 Å². The van der Waals surface area contributed by atoms with Crippen molar-refractivity contribution >= 4 is 23.3 Å². The number of nitrogens with one attached hydrogen (secondary N) is 1. The van der Waals surface area contributed by atoms with Crippen molar-refractivity contribution in [1.82, 2.24) is 25.3 Å². The maximum Gasteiger partial charge on any atom is 0.244 e. The van der Waals surface area contributed by atoms with Crippen molar-refractivity contribution in [3.63, 3.8) is 0 Å². The molecule has 3 aromatic rings. The number of hydrogen-bond acceptors (Lipinski definition) is 5. The summed E-state index contributed by atoms with van der Waals surface area (Å²) in [6.45, 7) is 0.327. The third-order valence-corrected chi connectivity index (χ3v) is 3.67. The molecule has 0 aliphatic carbocycles. The lowest BCUT2D eigenvalue weighted by Gasteiger charge is -1.98. The number of carbonyl (C=O) groups is 1. The molecule has 0 fully saturated rings. The molecular formula is C15H13N5OS. The molecule has 3 heterocycles. The summed E-state index contributed by atoms with van der Waals surface area (Å²) in [5.74, 6) is -0.163. The second-order valence-electron chi connectivity index (χ2n) is 4.43. The van der Waals surface area contributed by atoms with E-state index < -0.39 is 0 Å². The van der Waals surface area contributed by atoms with E-state index in [2.05, 4.69) is 20.6 Å². The van der Waals surface area contributed by atoms with Crippen molar-refractivity contribution in [2.45, 2.75) is 6.54 Å². The number of nitrogens with zero attached hydrogens (tertiary/aromatic N) is 4. The molecule has 22 heavy (non-hydrogen) atoms. The van der Waals surface area contributed by atoms with Crippen LogP contribution in [0.1, 0.15) is 10.6 Å². The van der Waals surface area contributed by atoms with Crippen LogP contribution in [0.2, 0.25) is 0 Å². The van der Waals surface area contributed by atoms with Crippen LogP contribution < -0.4 is 5.32 Å². The maximum absolute atomic E-state index is 11.7. The highest BCUT2D eigenvalue weighted by atomic mass is 32.1. The van der Waals surface area contributed by atoms with E-state index >= 15 is 0 Å². The van der Waals surface area contributed by atoms with Crippen LogP contribution >= 0.6 is 11.3 Å². The Morgan fingerprint density at radius 2 is 2.32 bits per heavy atom. The average Bonchev–Trinajstić information content (AvgIpc) is 3.23. The Balaban J connectivity index is 1.56. The summed E-state index contributed by atoms with van der Waals surface area (Å²) in [4.78, 5) is 16.8. The monoisotopic (exact) mass is 311 g/mol. The molecule has 0 unspecified atom stereocenters. The van der Waals surface area contributed by atoms with E-state index in [1.54, 1.807) is 40.7 Å². The third kappa shape index (κ3) is 3.64. The van der Waals surface area contributed by atoms with Crippen LogP contribution in [0.5, 0.6) is 0 Å². The largest absolute Gasteiger partial charge is 0.347 e. The van der Waals surface area contributed by atoms with Gasteiger partial charge in [-0.1, -0.05) is 11.3 Å². The Labute approximate surface area is 131 Å². The van der Waals surface area contributed by atoms with Gasteiger partial charge in [0.1, 0.15) is 5.69 Å². The van der Waals surface area contributed by atoms with Gasteiger partial charge in [-0.05, 0) is 29.7 Å². The SMILES string of the molecule is O=C(C=Cc1cccs1)NCc1cn(-c2cccnc2)nn1. The first kappa shape index (κ1) is 14.2. The van der Waals surface area contributed by atoms with E-state index in [0.717, 1.165) is 10.6 Å². The summed E-state index contributed by atoms with van der Waals surface area (Å²) in [5.41, 5.74) is 1.51. The highest BCUT2D eigenvalue weighted by molar-refractivity contribution is 7.10. The van der Waals surface area contributed by atoms with Gasteiger partial charge in [-0.2, -0.15) is 0 Å². The van der Waals surface area contributed by atoms with Crippen LogP contribution in [0.15, 0.2) is 54.3 Å². The quantitative estimate of drug-likeness (QED) is 0.732. The van der Waals surface area contributed by atoms with Gasteiger partial charge in [0, 0.05) is 17.2 Å². The molecule has 0 saturated heterocycles. The fourth-order valence-electron chi connectivity index (χ4n) is 1.78. The van der Waals surface area contributed by atoms with Crippen molar-refractivity contribution in [3.05, 3.63) is 64.9 Å². The molecule has 0 saturated carbocycles. The molecule has 1 amide bonds. The predicted molar refractivity (Wildman–Crippen MR) is 84.4 cm³/mol. The van der Waals surface area contributed by atoms with Crippen LogP contribution in [-0.2, 0) is 11.3 Å². The number of amides is 1. The first-order valence-corrected chi connectivity index (χ1v) is 7.50. The topological polar surface area (TPSA) is 72.7 Å². The fraction of sp³-hybridized carbons (Fsp3) is 0.0667. The first-order valence-electron chi connectivity index (χ1n) is 6.62. The van der Waals surface area contributed by atoms with E-state index in [1.807, 2.05) is 29.6 Å². The van der Waals surface area contributed by atoms with Gasteiger partial charge in [-0.25, -0.2) is 4.68 Å². The summed E-state index contributed by atoms with van der Waals surface area (Å²) in [6.07, 6.45) is 8.45. The van der Waals surface area contributed by atoms with Gasteiger partial charge in [0.2, 0.25) is 5.91 Å². The average molecular weight is 311 g/mol. The van der Waals surface area contributed by atoms with Crippen molar-refractivity contribution in [3.8, 4) is 5.69 Å². The van der Waals surface area contributed by atoms with Crippen molar-refractivity contribution in [1.29, 1.82) is 0 Å². The van der Waals surface area contributed by atoms with Gasteiger partial charge < -0.3 is 5.32 Å². The normalized spacial score (nSPS) is 10.9. The number of rotatable bonds is 5. The zero-order valence-electron chi connectivity index (χ0n) is 11.6. The molecule has 7 heteroatoms. The second-order valence-corrected chi connectivity index (χ2v) is 5.41. The Morgan fingerprint density at radius 3 is 3.09 bits per heavy atom. The van der Waals surface area contributed by atoms with E-state index in [-0.39, 0.29) is 5.91 Å². The number of pyridine rings is 1. The molecule has 110 valence electrons. The second kappa shape index (κ2) is 6.77. The van der Waals surface area contributed by atoms with Crippen LogP contribution in [0.3, 0.4) is 0 Å². The molecule has 0 radical (unpaired) electrons. The fourth-order valence-corrected chi connectivity index (χ4v) is 2.39. The molecule has 3 rings (SSSR count). The van der Waals surface area contributed by atoms with Gasteiger partial charge in [0.15, 0.2) is 0 Å². The molecule has 0 spiro atoms. The number of thiophene rings is 1. The zero-order chi connectivity index (χ0) is 15.2. The molecule has 0 aromatic carbocycles. The van der Waals surface area contributed by atoms with Crippen molar-refractivity contribution in [2.24, 2.45) is 0 Å². The van der Waals surface area contributed by atoms with Gasteiger partial charge in [0.05, 0.1) is 24.6 Å². The van der Waals surface area contributed by atoms with Crippen molar-refractivity contribution < 1.29 is 4.79 Å². The minimum Gasteiger partial charge on any atom is -0.347 e. The van der Waals surface area contributed by atoms with Gasteiger partial charge in [-0.15, -0.1) is 16.4 Å². The predicted octanol–water partition coefficient (Wildman–Crippen LogP) is 2.05. The lowest BCUT2D eigenvalue weighted by molar-refractivity contribution is -0.116. The Morgan fingerprint density at radius 1 is 1.36 bits per heavy atom. The number of hydrogen-bond donors (Lipinski definition) is 1. The van der Waals surface area contributed by atoms with E-state index in [1.165, 1.54) is 6.08 Å². The van der Waals surface area contributed by atoms with E-state index in [9.17, 15) is 4.79 Å². The van der Waals surface area contributed by atoms with Crippen LogP contribution in [0, 0.1) is 0 Å². The third-order valence-electron chi connectivity index (χ3n) is 2.84. The summed E-state index contributed by atoms with van der Waals surface area (Å²) >= 11 is 1.58. The molecular weight excluding hydrogens is 298 g/mol. The standard InChI is InChI=1S/C15H13N5OS/c21-15(6-5-14-4-2-8-22-14)17-9-12-11-20(19-18-12)13-3-1-7-16-10-13/h1-8,10-11H,9H2,(H,17,21). The van der Waals surface area contributed by atoms with Gasteiger partial charge in [0.25, 0.3) is 0 Å². The van der Waals surface area contributed by atoms with Crippen LogP contribution in [0.4, 0.5) is 0 Å². The minimum absolute atomic E-state index is 0.163. The molecule has 0 aliphatic heterocycles. The van der Waals surface area contributed by atoms with E-state index in [0.29, 0.717) is 12.2 Å². The van der Waals surface area contributed by atoms with E-state index in [4.69, 9.17) is 0 Å². The lowest BCUT2D eigenvalue weighted by atomic mass is 10.4. The molecule has 0 bridgehead atoms. The number of aromatic nitrogens is 4. The van der Waals surface area contributed by atoms with Crippen LogP contribution in [-0.4, -0.2) is 25.9 Å². The molecule has 0 aliphatic rings. The Bertz CT molecular complexity index is 764. The van der Waals surface area contributed by atoms with Crippen LogP contribution in [0.25, 0.3) is 11.8 Å². The minimum atomic E-state index is -0.163. The number of carbonyl (C=O) groups excluding carboxylic acids is 1. The Hall–Kier alpha value is -2.80. The lowest BCUT2D eigenvalue weighted by Crippen LogP contribution is -2.20. The molecule has 6 nitrogen and oxygen atoms in total. The Kier molecular flexibility index (Phi) is 4.35. The summed E-state index contributed by atoms with van der Waals surface area (Å²) in [5, 5.41) is 12.8. The smallest absolute Gasteiger partial charge is 0.244 e. The maximum atomic E-state index is 11.7. The van der Waals surface area contributed by atoms with Gasteiger partial charge >= 0.3 is 0 Å². The highest BCUT2D eigenvalue weighted by Gasteiger charge is 2.04. The zero-order valence-corrected chi connectivity index (χ0v) is 12.4. The highest BCUT2D eigenvalue weighted by Crippen LogP contribution is 2.10. The molecule has 1 N–H and O–H groups in total. The van der Waals surface area contributed by atoms with Gasteiger partial charge in [-0.3, -0.25) is 9.78 Å². The summed E-state index contributed by atoms with van der Waals surface area (Å²) < 4.78 is 1.62. The first-order chi connectivity index (χ1) is 10.8. The summed E-state index contributed by atoms with van der Waals surface area (Å²) in [6, 6.07) is 7.61. The summed E-state index contributed by atoms with van der Waals surface area (Å²) in [7, 11) is 0. The molecule has 3 aromatic heterocycles.